The van der Waals surface area contributed by atoms with Gasteiger partial charge in [-0.25, -0.2) is 0 Å². The normalized spacial score (nSPS) is 17.9. The van der Waals surface area contributed by atoms with Gasteiger partial charge in [0.1, 0.15) is 0 Å². The fourth-order valence-corrected chi connectivity index (χ4v) is 3.28. The van der Waals surface area contributed by atoms with Crippen molar-refractivity contribution < 1.29 is 0 Å². The zero-order valence-corrected chi connectivity index (χ0v) is 15.5. The summed E-state index contributed by atoms with van der Waals surface area (Å²) in [5.41, 5.74) is 5.59. The summed E-state index contributed by atoms with van der Waals surface area (Å²) in [5.74, 6) is 0.409. The Labute approximate surface area is 148 Å². The van der Waals surface area contributed by atoms with Gasteiger partial charge < -0.3 is 0 Å². The highest BCUT2D eigenvalue weighted by molar-refractivity contribution is 9.10. The molecule has 2 aromatic carbocycles. The van der Waals surface area contributed by atoms with E-state index in [1.807, 2.05) is 0 Å². The fraction of sp³-hybridized carbons (Fsp3) is 0.273. The van der Waals surface area contributed by atoms with Gasteiger partial charge in [-0.15, -0.1) is 0 Å². The Morgan fingerprint density at radius 2 is 1.61 bits per heavy atom. The highest BCUT2D eigenvalue weighted by atomic mass is 79.9. The summed E-state index contributed by atoms with van der Waals surface area (Å²) in [4.78, 5) is 0. The van der Waals surface area contributed by atoms with E-state index in [1.165, 1.54) is 22.3 Å². The van der Waals surface area contributed by atoms with Crippen LogP contribution >= 0.6 is 15.9 Å². The minimum absolute atomic E-state index is 0.198. The third-order valence-electron chi connectivity index (χ3n) is 4.44. The Kier molecular flexibility index (Phi) is 4.59. The Hall–Kier alpha value is -1.60. The third kappa shape index (κ3) is 3.67. The Morgan fingerprint density at radius 3 is 2.22 bits per heavy atom. The van der Waals surface area contributed by atoms with Gasteiger partial charge >= 0.3 is 0 Å². The molecule has 2 aromatic rings. The second-order valence-corrected chi connectivity index (χ2v) is 8.05. The summed E-state index contributed by atoms with van der Waals surface area (Å²) < 4.78 is 1.11. The molecule has 1 aliphatic carbocycles. The van der Waals surface area contributed by atoms with Crippen LogP contribution in [0.2, 0.25) is 0 Å². The summed E-state index contributed by atoms with van der Waals surface area (Å²) in [5, 5.41) is 0. The first-order valence-electron chi connectivity index (χ1n) is 8.09. The average Bonchev–Trinajstić information content (AvgIpc) is 2.55. The molecule has 0 amide bonds. The molecule has 0 nitrogen and oxygen atoms in total. The maximum Gasteiger partial charge on any atom is 0.0175 e. The zero-order chi connectivity index (χ0) is 16.4. The maximum absolute atomic E-state index is 3.51. The highest BCUT2D eigenvalue weighted by Crippen LogP contribution is 2.38. The first kappa shape index (κ1) is 16.3. The number of hydrogen-bond acceptors (Lipinski definition) is 0. The summed E-state index contributed by atoms with van der Waals surface area (Å²) in [6.45, 7) is 6.77. The topological polar surface area (TPSA) is 0 Å². The number of hydrogen-bond donors (Lipinski definition) is 0. The predicted molar refractivity (Wildman–Crippen MR) is 102 cm³/mol. The van der Waals surface area contributed by atoms with Gasteiger partial charge in [0.2, 0.25) is 0 Å². The molecule has 0 bridgehead atoms. The molecule has 1 heteroatoms. The number of benzene rings is 2. The minimum atomic E-state index is 0.198. The Bertz CT molecular complexity index is 725. The van der Waals surface area contributed by atoms with Crippen LogP contribution in [0.15, 0.2) is 65.2 Å². The van der Waals surface area contributed by atoms with Gasteiger partial charge in [-0.3, -0.25) is 0 Å². The van der Waals surface area contributed by atoms with Crippen LogP contribution in [-0.2, 0) is 5.41 Å². The zero-order valence-electron chi connectivity index (χ0n) is 13.9. The fourth-order valence-electron chi connectivity index (χ4n) is 3.02. The molecule has 117 valence electrons. The van der Waals surface area contributed by atoms with E-state index in [-0.39, 0.29) is 5.41 Å². The molecule has 3 rings (SSSR count). The molecule has 0 aromatic heterocycles. The molecular weight excluding hydrogens is 344 g/mol. The molecule has 0 saturated carbocycles. The monoisotopic (exact) mass is 365 g/mol. The van der Waals surface area contributed by atoms with E-state index in [0.29, 0.717) is 5.92 Å². The third-order valence-corrected chi connectivity index (χ3v) is 4.97. The van der Waals surface area contributed by atoms with Crippen molar-refractivity contribution in [2.75, 3.05) is 0 Å². The summed E-state index contributed by atoms with van der Waals surface area (Å²) in [6, 6.07) is 17.7. The van der Waals surface area contributed by atoms with Gasteiger partial charge in [-0.1, -0.05) is 85.3 Å². The average molecular weight is 366 g/mol. The van der Waals surface area contributed by atoms with E-state index in [4.69, 9.17) is 0 Å². The quantitative estimate of drug-likeness (QED) is 0.556. The second kappa shape index (κ2) is 6.49. The Morgan fingerprint density at radius 1 is 0.957 bits per heavy atom. The first-order valence-corrected chi connectivity index (χ1v) is 8.88. The Balaban J connectivity index is 1.93. The second-order valence-electron chi connectivity index (χ2n) is 7.14. The minimum Gasteiger partial charge on any atom is -0.0757 e. The van der Waals surface area contributed by atoms with E-state index < -0.39 is 0 Å². The van der Waals surface area contributed by atoms with Crippen molar-refractivity contribution in [3.8, 4) is 0 Å². The van der Waals surface area contributed by atoms with Crippen LogP contribution in [0.5, 0.6) is 0 Å². The van der Waals surface area contributed by atoms with Crippen LogP contribution in [0.1, 0.15) is 49.8 Å². The molecule has 1 atom stereocenters. The lowest BCUT2D eigenvalue weighted by Gasteiger charge is -2.24. The van der Waals surface area contributed by atoms with Gasteiger partial charge in [0.25, 0.3) is 0 Å². The van der Waals surface area contributed by atoms with Crippen LogP contribution in [-0.4, -0.2) is 0 Å². The van der Waals surface area contributed by atoms with E-state index in [0.717, 1.165) is 10.9 Å². The molecule has 23 heavy (non-hydrogen) atoms. The molecule has 0 aliphatic heterocycles. The van der Waals surface area contributed by atoms with Gasteiger partial charge in [-0.2, -0.15) is 0 Å². The first-order chi connectivity index (χ1) is 10.9. The maximum atomic E-state index is 3.51. The molecule has 0 fully saturated rings. The highest BCUT2D eigenvalue weighted by Gasteiger charge is 2.20. The van der Waals surface area contributed by atoms with Crippen LogP contribution < -0.4 is 0 Å². The van der Waals surface area contributed by atoms with Crippen LogP contribution in [0.3, 0.4) is 0 Å². The largest absolute Gasteiger partial charge is 0.0757 e. The molecule has 1 aliphatic rings. The van der Waals surface area contributed by atoms with Crippen LogP contribution in [0, 0.1) is 6.08 Å². The van der Waals surface area contributed by atoms with Crippen molar-refractivity contribution in [2.45, 2.75) is 38.5 Å². The van der Waals surface area contributed by atoms with Crippen molar-refractivity contribution in [3.63, 3.8) is 0 Å². The smallest absolute Gasteiger partial charge is 0.0175 e. The van der Waals surface area contributed by atoms with Crippen molar-refractivity contribution in [3.05, 3.63) is 87.9 Å². The van der Waals surface area contributed by atoms with Gasteiger partial charge in [0, 0.05) is 10.4 Å². The summed E-state index contributed by atoms with van der Waals surface area (Å²) in [6.07, 6.45) is 8.57. The van der Waals surface area contributed by atoms with Crippen molar-refractivity contribution in [1.29, 1.82) is 0 Å². The van der Waals surface area contributed by atoms with E-state index in [2.05, 4.69) is 103 Å². The van der Waals surface area contributed by atoms with Gasteiger partial charge in [0.15, 0.2) is 0 Å². The van der Waals surface area contributed by atoms with Crippen LogP contribution in [0.4, 0.5) is 0 Å². The lowest BCUT2D eigenvalue weighted by Crippen LogP contribution is -2.11. The van der Waals surface area contributed by atoms with Crippen molar-refractivity contribution in [2.24, 2.45) is 0 Å². The number of rotatable bonds is 2. The standard InChI is InChI=1S/C22H22Br/c1-22(2,3)18-12-8-16(9-13-18)20-6-4-5-7-21(20)17-10-14-19(23)15-11-17/h4,7-15,20H,6H2,1-3H3. The number of halogens is 1. The molecule has 0 N–H and O–H groups in total. The molecule has 0 saturated heterocycles. The molecular formula is C22H22Br. The molecule has 1 unspecified atom stereocenters. The summed E-state index contributed by atoms with van der Waals surface area (Å²) >= 11 is 3.51. The van der Waals surface area contributed by atoms with Gasteiger partial charge in [0.05, 0.1) is 0 Å². The molecule has 1 radical (unpaired) electrons. The molecule has 0 spiro atoms. The van der Waals surface area contributed by atoms with Crippen molar-refractivity contribution in [1.82, 2.24) is 0 Å². The van der Waals surface area contributed by atoms with Gasteiger partial charge in [-0.05, 0) is 52.3 Å². The predicted octanol–water partition coefficient (Wildman–Crippen LogP) is 6.68. The van der Waals surface area contributed by atoms with E-state index >= 15 is 0 Å². The van der Waals surface area contributed by atoms with E-state index in [1.54, 1.807) is 0 Å². The van der Waals surface area contributed by atoms with Crippen molar-refractivity contribution >= 4 is 21.5 Å². The summed E-state index contributed by atoms with van der Waals surface area (Å²) in [7, 11) is 0. The molecule has 0 heterocycles. The van der Waals surface area contributed by atoms with Crippen LogP contribution in [0.25, 0.3) is 5.57 Å². The SMILES string of the molecule is CC(C)(C)c1ccc(C2CC=[C]C=C2c2ccc(Br)cc2)cc1. The number of allylic oxidation sites excluding steroid dienone is 4. The van der Waals surface area contributed by atoms with E-state index in [9.17, 15) is 0 Å². The lowest BCUT2D eigenvalue weighted by atomic mass is 9.80. The lowest BCUT2D eigenvalue weighted by molar-refractivity contribution is 0.590.